The van der Waals surface area contributed by atoms with E-state index < -0.39 is 38.0 Å². The van der Waals surface area contributed by atoms with Gasteiger partial charge in [-0.15, -0.1) is 0 Å². The lowest BCUT2D eigenvalue weighted by molar-refractivity contribution is 0.0603. The molecule has 0 radical (unpaired) electrons. The Hall–Kier alpha value is -3.67. The van der Waals surface area contributed by atoms with Crippen LogP contribution in [0.3, 0.4) is 0 Å². The highest BCUT2D eigenvalue weighted by atomic mass is 32.2. The number of nitrogens with two attached hydrogens (primary N) is 1. The molecule has 0 saturated carbocycles. The van der Waals surface area contributed by atoms with Gasteiger partial charge < -0.3 is 9.47 Å². The molecule has 46 heavy (non-hydrogen) atoms. The first-order chi connectivity index (χ1) is 22.0. The Morgan fingerprint density at radius 1 is 0.935 bits per heavy atom. The summed E-state index contributed by atoms with van der Waals surface area (Å²) in [5.74, 6) is -2.01. The fourth-order valence-corrected chi connectivity index (χ4v) is 9.10. The van der Waals surface area contributed by atoms with Gasteiger partial charge in [0.25, 0.3) is 5.91 Å². The number of amides is 1. The summed E-state index contributed by atoms with van der Waals surface area (Å²) in [6.07, 6.45) is 6.88. The van der Waals surface area contributed by atoms with Gasteiger partial charge in [-0.1, -0.05) is 42.5 Å². The number of hydrogen-bond acceptors (Lipinski definition) is 5. The Kier molecular flexibility index (Phi) is 7.97. The average Bonchev–Trinajstić information content (AvgIpc) is 3.50. The van der Waals surface area contributed by atoms with E-state index in [1.165, 1.54) is 28.8 Å². The molecule has 8 nitrogen and oxygen atoms in total. The van der Waals surface area contributed by atoms with E-state index in [0.29, 0.717) is 50.1 Å². The lowest BCUT2D eigenvalue weighted by Crippen LogP contribution is -2.49. The minimum absolute atomic E-state index is 0.168. The number of likely N-dealkylation sites (tertiary alicyclic amines) is 1. The quantitative estimate of drug-likeness (QED) is 0.277. The van der Waals surface area contributed by atoms with E-state index >= 15 is 0 Å². The van der Waals surface area contributed by atoms with Gasteiger partial charge >= 0.3 is 0 Å². The first-order valence-corrected chi connectivity index (χ1v) is 17.6. The lowest BCUT2D eigenvalue weighted by atomic mass is 9.70. The van der Waals surface area contributed by atoms with Crippen molar-refractivity contribution in [1.82, 2.24) is 19.4 Å². The molecule has 2 unspecified atom stereocenters. The van der Waals surface area contributed by atoms with Crippen molar-refractivity contribution in [2.45, 2.75) is 80.3 Å². The van der Waals surface area contributed by atoms with Crippen LogP contribution < -0.4 is 5.14 Å². The third-order valence-corrected chi connectivity index (χ3v) is 11.7. The zero-order valence-electron chi connectivity index (χ0n) is 25.9. The van der Waals surface area contributed by atoms with E-state index in [2.05, 4.69) is 46.7 Å². The summed E-state index contributed by atoms with van der Waals surface area (Å²) in [5, 5.41) is 5.11. The molecule has 3 aromatic carbocycles. The predicted octanol–water partition coefficient (Wildman–Crippen LogP) is 5.70. The van der Waals surface area contributed by atoms with Crippen LogP contribution in [-0.4, -0.2) is 65.4 Å². The molecule has 11 heteroatoms. The first kappa shape index (κ1) is 31.0. The monoisotopic (exact) mass is 647 g/mol. The second-order valence-electron chi connectivity index (χ2n) is 13.3. The minimum atomic E-state index is -4.46. The molecule has 2 atom stereocenters. The van der Waals surface area contributed by atoms with Crippen molar-refractivity contribution in [3.63, 3.8) is 0 Å². The summed E-state index contributed by atoms with van der Waals surface area (Å²) in [5.41, 5.74) is 2.84. The number of aryl methyl sites for hydroxylation is 1. The number of carbonyl (C=O) groups is 1. The lowest BCUT2D eigenvalue weighted by Gasteiger charge is -2.45. The predicted molar refractivity (Wildman–Crippen MR) is 172 cm³/mol. The number of hydrogen-bond donors (Lipinski definition) is 1. The zero-order chi connectivity index (χ0) is 32.2. The van der Waals surface area contributed by atoms with Gasteiger partial charge in [-0.2, -0.15) is 0 Å². The Bertz CT molecular complexity index is 1870. The number of benzene rings is 3. The molecule has 4 aromatic rings. The molecule has 2 bridgehead atoms. The van der Waals surface area contributed by atoms with Gasteiger partial charge in [0.05, 0.1) is 16.6 Å². The van der Waals surface area contributed by atoms with Gasteiger partial charge in [0.15, 0.2) is 0 Å². The summed E-state index contributed by atoms with van der Waals surface area (Å²) in [6.45, 7) is 3.81. The van der Waals surface area contributed by atoms with Crippen LogP contribution in [-0.2, 0) is 15.4 Å². The number of imidazole rings is 1. The number of sulfonamides is 1. The van der Waals surface area contributed by atoms with Gasteiger partial charge in [-0.05, 0) is 87.6 Å². The average molecular weight is 648 g/mol. The number of halogens is 2. The smallest absolute Gasteiger partial charge is 0.256 e. The molecule has 4 heterocycles. The van der Waals surface area contributed by atoms with Crippen molar-refractivity contribution in [3.8, 4) is 0 Å². The number of piperidine rings is 2. The first-order valence-electron chi connectivity index (χ1n) is 16.1. The van der Waals surface area contributed by atoms with E-state index in [1.807, 2.05) is 24.3 Å². The molecule has 1 amide bonds. The molecule has 3 saturated heterocycles. The third-order valence-electron chi connectivity index (χ3n) is 10.8. The molecule has 3 aliphatic rings. The van der Waals surface area contributed by atoms with Crippen molar-refractivity contribution < 1.29 is 22.0 Å². The summed E-state index contributed by atoms with van der Waals surface area (Å²) >= 11 is 0. The topological polar surface area (TPSA) is 102 Å². The number of carbonyl (C=O) groups excluding carboxylic acids is 1. The molecule has 0 aliphatic carbocycles. The van der Waals surface area contributed by atoms with Crippen molar-refractivity contribution in [3.05, 3.63) is 95.3 Å². The van der Waals surface area contributed by atoms with Crippen LogP contribution in [0.5, 0.6) is 0 Å². The van der Waals surface area contributed by atoms with E-state index in [-0.39, 0.29) is 5.41 Å². The van der Waals surface area contributed by atoms with Gasteiger partial charge in [-0.3, -0.25) is 9.69 Å². The molecule has 242 valence electrons. The third kappa shape index (κ3) is 5.52. The fraction of sp³-hybridized carbons (Fsp3) is 0.429. The molecule has 2 N–H and O–H groups in total. The Balaban J connectivity index is 1.07. The normalized spacial score (nSPS) is 23.2. The summed E-state index contributed by atoms with van der Waals surface area (Å²) in [6, 6.07) is 21.4. The molecular weight excluding hydrogens is 608 g/mol. The van der Waals surface area contributed by atoms with Crippen LogP contribution in [0.2, 0.25) is 0 Å². The number of rotatable bonds is 7. The Morgan fingerprint density at radius 3 is 2.26 bits per heavy atom. The van der Waals surface area contributed by atoms with Gasteiger partial charge in [-0.25, -0.2) is 27.3 Å². The van der Waals surface area contributed by atoms with Crippen LogP contribution in [0.1, 0.15) is 72.7 Å². The highest BCUT2D eigenvalue weighted by Crippen LogP contribution is 2.45. The fourth-order valence-electron chi connectivity index (χ4n) is 8.48. The minimum Gasteiger partial charge on any atom is -0.338 e. The maximum Gasteiger partial charge on any atom is 0.256 e. The number of fused-ring (bicyclic) bond motifs is 3. The highest BCUT2D eigenvalue weighted by molar-refractivity contribution is 7.89. The zero-order valence-corrected chi connectivity index (χ0v) is 26.7. The molecule has 1 aromatic heterocycles. The molecule has 3 fully saturated rings. The van der Waals surface area contributed by atoms with Gasteiger partial charge in [0.1, 0.15) is 22.4 Å². The largest absolute Gasteiger partial charge is 0.338 e. The number of para-hydroxylation sites is 2. The Morgan fingerprint density at radius 2 is 1.59 bits per heavy atom. The van der Waals surface area contributed by atoms with E-state index in [1.54, 1.807) is 0 Å². The molecular formula is C35H39F2N5O3S. The van der Waals surface area contributed by atoms with Crippen LogP contribution >= 0.6 is 0 Å². The second-order valence-corrected chi connectivity index (χ2v) is 14.8. The maximum atomic E-state index is 14.7. The molecule has 7 rings (SSSR count). The summed E-state index contributed by atoms with van der Waals surface area (Å²) in [4.78, 5) is 21.6. The van der Waals surface area contributed by atoms with Gasteiger partial charge in [0, 0.05) is 37.3 Å². The summed E-state index contributed by atoms with van der Waals surface area (Å²) < 4.78 is 55.0. The van der Waals surface area contributed by atoms with E-state index in [0.717, 1.165) is 43.2 Å². The van der Waals surface area contributed by atoms with Crippen LogP contribution in [0.15, 0.2) is 71.6 Å². The highest BCUT2D eigenvalue weighted by Gasteiger charge is 2.44. The standard InChI is InChI=1S/C35H39F2N5O3S/c1-23-39-31-9-5-6-10-32(31)42(23)27-19-25-11-12-26(20-27)41(25)18-15-35(24-7-3-2-4-8-24)13-16-40(17-14-35)34(43)28-21-33(46(38,44)45)30(37)22-29(28)36/h2-10,21-22,25-27H,11-20H2,1H3,(H2,38,44,45). The summed E-state index contributed by atoms with van der Waals surface area (Å²) in [7, 11) is -4.46. The van der Waals surface area contributed by atoms with Crippen molar-refractivity contribution in [2.24, 2.45) is 5.14 Å². The molecule has 0 spiro atoms. The SMILES string of the molecule is Cc1nc2ccccc2n1C1CC2CCC(C1)N2CCC1(c2ccccc2)CCN(C(=O)c2cc(S(N)(=O)=O)c(F)cc2F)CC1. The Labute approximate surface area is 268 Å². The number of aromatic nitrogens is 2. The van der Waals surface area contributed by atoms with Gasteiger partial charge in [0.2, 0.25) is 10.0 Å². The van der Waals surface area contributed by atoms with Crippen molar-refractivity contribution in [1.29, 1.82) is 0 Å². The van der Waals surface area contributed by atoms with Crippen LogP contribution in [0, 0.1) is 18.6 Å². The van der Waals surface area contributed by atoms with Crippen molar-refractivity contribution >= 4 is 27.0 Å². The number of nitrogens with zero attached hydrogens (tertiary/aromatic N) is 4. The second kappa shape index (κ2) is 11.8. The van der Waals surface area contributed by atoms with Crippen molar-refractivity contribution in [2.75, 3.05) is 19.6 Å². The van der Waals surface area contributed by atoms with E-state index in [9.17, 15) is 22.0 Å². The van der Waals surface area contributed by atoms with Crippen LogP contribution in [0.4, 0.5) is 8.78 Å². The number of primary sulfonamides is 1. The van der Waals surface area contributed by atoms with E-state index in [4.69, 9.17) is 10.1 Å². The maximum absolute atomic E-state index is 14.7. The molecule has 3 aliphatic heterocycles. The van der Waals surface area contributed by atoms with Crippen LogP contribution in [0.25, 0.3) is 11.0 Å².